The van der Waals surface area contributed by atoms with E-state index in [-0.39, 0.29) is 10.8 Å². The van der Waals surface area contributed by atoms with Crippen LogP contribution in [-0.2, 0) is 10.0 Å². The highest BCUT2D eigenvalue weighted by molar-refractivity contribution is 9.10. The van der Waals surface area contributed by atoms with Crippen molar-refractivity contribution in [3.8, 4) is 0 Å². The van der Waals surface area contributed by atoms with Gasteiger partial charge in [-0.25, -0.2) is 8.42 Å². The molecule has 1 N–H and O–H groups in total. The molecule has 0 bridgehead atoms. The molecule has 3 rings (SSSR count). The van der Waals surface area contributed by atoms with E-state index in [1.165, 1.54) is 4.31 Å². The average Bonchev–Trinajstić information content (AvgIpc) is 2.64. The lowest BCUT2D eigenvalue weighted by atomic mass is 10.1. The summed E-state index contributed by atoms with van der Waals surface area (Å²) in [5, 5.41) is 2.83. The third-order valence-electron chi connectivity index (χ3n) is 4.53. The lowest BCUT2D eigenvalue weighted by molar-refractivity contribution is 0.102. The van der Waals surface area contributed by atoms with Gasteiger partial charge in [-0.1, -0.05) is 24.6 Å². The maximum Gasteiger partial charge on any atom is 0.256 e. The van der Waals surface area contributed by atoms with E-state index in [0.29, 0.717) is 28.8 Å². The highest BCUT2D eigenvalue weighted by Gasteiger charge is 2.26. The maximum absolute atomic E-state index is 12.9. The first-order valence-electron chi connectivity index (χ1n) is 8.56. The SMILES string of the molecule is Cc1ccc(S(=O)(=O)N2CCCCC2)cc1NC(=O)c1ccccc1Br. The number of nitrogens with one attached hydrogen (secondary N) is 1. The van der Waals surface area contributed by atoms with Gasteiger partial charge in [-0.2, -0.15) is 4.31 Å². The Bertz CT molecular complexity index is 922. The molecule has 1 saturated heterocycles. The summed E-state index contributed by atoms with van der Waals surface area (Å²) in [5.74, 6) is -0.284. The molecular formula is C19H21BrN2O3S. The van der Waals surface area contributed by atoms with Crippen molar-refractivity contribution in [2.24, 2.45) is 0 Å². The number of piperidine rings is 1. The van der Waals surface area contributed by atoms with Gasteiger partial charge in [0.1, 0.15) is 0 Å². The van der Waals surface area contributed by atoms with E-state index in [0.717, 1.165) is 24.8 Å². The molecule has 138 valence electrons. The number of sulfonamides is 1. The molecular weight excluding hydrogens is 416 g/mol. The highest BCUT2D eigenvalue weighted by atomic mass is 79.9. The Morgan fingerprint density at radius 3 is 2.46 bits per heavy atom. The average molecular weight is 437 g/mol. The molecule has 2 aromatic rings. The Balaban J connectivity index is 1.88. The van der Waals surface area contributed by atoms with Gasteiger partial charge in [0.05, 0.1) is 10.5 Å². The zero-order valence-electron chi connectivity index (χ0n) is 14.5. The topological polar surface area (TPSA) is 66.5 Å². The molecule has 0 aromatic heterocycles. The van der Waals surface area contributed by atoms with E-state index in [9.17, 15) is 13.2 Å². The molecule has 1 heterocycles. The zero-order valence-corrected chi connectivity index (χ0v) is 16.9. The minimum atomic E-state index is -3.54. The van der Waals surface area contributed by atoms with Crippen molar-refractivity contribution < 1.29 is 13.2 Å². The predicted molar refractivity (Wildman–Crippen MR) is 106 cm³/mol. The molecule has 1 aliphatic rings. The van der Waals surface area contributed by atoms with Crippen LogP contribution in [0, 0.1) is 6.92 Å². The minimum absolute atomic E-state index is 0.215. The van der Waals surface area contributed by atoms with Crippen molar-refractivity contribution in [3.05, 3.63) is 58.1 Å². The Hall–Kier alpha value is -1.70. The lowest BCUT2D eigenvalue weighted by Crippen LogP contribution is -2.35. The Kier molecular flexibility index (Phi) is 5.79. The van der Waals surface area contributed by atoms with Gasteiger partial charge >= 0.3 is 0 Å². The molecule has 1 fully saturated rings. The van der Waals surface area contributed by atoms with Crippen molar-refractivity contribution in [1.29, 1.82) is 0 Å². The predicted octanol–water partition coefficient (Wildman–Crippen LogP) is 4.18. The molecule has 1 amide bonds. The van der Waals surface area contributed by atoms with Crippen LogP contribution in [0.25, 0.3) is 0 Å². The zero-order chi connectivity index (χ0) is 18.7. The molecule has 0 atom stereocenters. The Morgan fingerprint density at radius 1 is 1.08 bits per heavy atom. The number of carbonyl (C=O) groups is 1. The monoisotopic (exact) mass is 436 g/mol. The van der Waals surface area contributed by atoms with Gasteiger partial charge in [0.15, 0.2) is 0 Å². The van der Waals surface area contributed by atoms with E-state index in [1.807, 2.05) is 13.0 Å². The van der Waals surface area contributed by atoms with Crippen LogP contribution in [0.4, 0.5) is 5.69 Å². The van der Waals surface area contributed by atoms with Crippen LogP contribution in [0.1, 0.15) is 35.2 Å². The number of hydrogen-bond donors (Lipinski definition) is 1. The number of aryl methyl sites for hydroxylation is 1. The van der Waals surface area contributed by atoms with Crippen LogP contribution in [0.3, 0.4) is 0 Å². The first kappa shape index (κ1) is 19.1. The summed E-state index contributed by atoms with van der Waals surface area (Å²) in [4.78, 5) is 12.8. The van der Waals surface area contributed by atoms with E-state index in [1.54, 1.807) is 36.4 Å². The molecule has 0 spiro atoms. The van der Waals surface area contributed by atoms with Crippen LogP contribution < -0.4 is 5.32 Å². The van der Waals surface area contributed by atoms with Crippen molar-refractivity contribution in [1.82, 2.24) is 4.31 Å². The van der Waals surface area contributed by atoms with Gasteiger partial charge in [-0.3, -0.25) is 4.79 Å². The lowest BCUT2D eigenvalue weighted by Gasteiger charge is -2.26. The fourth-order valence-corrected chi connectivity index (χ4v) is 4.99. The summed E-state index contributed by atoms with van der Waals surface area (Å²) in [6.07, 6.45) is 2.83. The summed E-state index contributed by atoms with van der Waals surface area (Å²) in [7, 11) is -3.54. The van der Waals surface area contributed by atoms with E-state index < -0.39 is 10.0 Å². The number of benzene rings is 2. The second-order valence-corrected chi connectivity index (χ2v) is 9.17. The summed E-state index contributed by atoms with van der Waals surface area (Å²) in [5.41, 5.74) is 1.81. The Morgan fingerprint density at radius 2 is 1.77 bits per heavy atom. The number of nitrogens with zero attached hydrogens (tertiary/aromatic N) is 1. The van der Waals surface area contributed by atoms with Crippen LogP contribution in [0.15, 0.2) is 51.8 Å². The quantitative estimate of drug-likeness (QED) is 0.781. The highest BCUT2D eigenvalue weighted by Crippen LogP contribution is 2.26. The number of rotatable bonds is 4. The molecule has 1 aliphatic heterocycles. The molecule has 0 unspecified atom stereocenters. The first-order chi connectivity index (χ1) is 12.4. The van der Waals surface area contributed by atoms with Gasteiger partial charge in [0.25, 0.3) is 5.91 Å². The fraction of sp³-hybridized carbons (Fsp3) is 0.316. The van der Waals surface area contributed by atoms with Crippen LogP contribution in [0.5, 0.6) is 0 Å². The maximum atomic E-state index is 12.9. The number of hydrogen-bond acceptors (Lipinski definition) is 3. The minimum Gasteiger partial charge on any atom is -0.322 e. The van der Waals surface area contributed by atoms with E-state index >= 15 is 0 Å². The van der Waals surface area contributed by atoms with Crippen molar-refractivity contribution in [2.75, 3.05) is 18.4 Å². The number of anilines is 1. The normalized spacial score (nSPS) is 15.6. The van der Waals surface area contributed by atoms with E-state index in [4.69, 9.17) is 0 Å². The van der Waals surface area contributed by atoms with Crippen molar-refractivity contribution in [3.63, 3.8) is 0 Å². The van der Waals surface area contributed by atoms with E-state index in [2.05, 4.69) is 21.2 Å². The second kappa shape index (κ2) is 7.90. The second-order valence-electron chi connectivity index (χ2n) is 6.38. The van der Waals surface area contributed by atoms with Gasteiger partial charge in [-0.05, 0) is 65.5 Å². The molecule has 26 heavy (non-hydrogen) atoms. The third-order valence-corrected chi connectivity index (χ3v) is 7.11. The molecule has 0 saturated carbocycles. The first-order valence-corrected chi connectivity index (χ1v) is 10.8. The summed E-state index contributed by atoms with van der Waals surface area (Å²) in [6.45, 7) is 2.94. The van der Waals surface area contributed by atoms with Crippen LogP contribution in [0.2, 0.25) is 0 Å². The van der Waals surface area contributed by atoms with Crippen LogP contribution >= 0.6 is 15.9 Å². The molecule has 7 heteroatoms. The number of carbonyl (C=O) groups excluding carboxylic acids is 1. The van der Waals surface area contributed by atoms with Crippen LogP contribution in [-0.4, -0.2) is 31.7 Å². The van der Waals surface area contributed by atoms with Gasteiger partial charge < -0.3 is 5.32 Å². The van der Waals surface area contributed by atoms with Gasteiger partial charge in [0.2, 0.25) is 10.0 Å². The Labute approximate surface area is 162 Å². The summed E-state index contributed by atoms with van der Waals surface area (Å²) >= 11 is 3.36. The smallest absolute Gasteiger partial charge is 0.256 e. The van der Waals surface area contributed by atoms with Crippen molar-refractivity contribution in [2.45, 2.75) is 31.1 Å². The van der Waals surface area contributed by atoms with Gasteiger partial charge in [-0.15, -0.1) is 0 Å². The largest absolute Gasteiger partial charge is 0.322 e. The molecule has 0 radical (unpaired) electrons. The summed E-state index contributed by atoms with van der Waals surface area (Å²) in [6, 6.07) is 12.0. The summed E-state index contributed by atoms with van der Waals surface area (Å²) < 4.78 is 27.9. The van der Waals surface area contributed by atoms with Crippen molar-refractivity contribution >= 4 is 37.5 Å². The number of amides is 1. The molecule has 2 aromatic carbocycles. The fourth-order valence-electron chi connectivity index (χ4n) is 2.99. The van der Waals surface area contributed by atoms with Gasteiger partial charge in [0, 0.05) is 23.2 Å². The molecule has 5 nitrogen and oxygen atoms in total. The third kappa shape index (κ3) is 4.00. The number of halogens is 1. The molecule has 0 aliphatic carbocycles. The standard InChI is InChI=1S/C19H21BrN2O3S/c1-14-9-10-15(26(24,25)22-11-5-2-6-12-22)13-18(14)21-19(23)16-7-3-4-8-17(16)20/h3-4,7-10,13H,2,5-6,11-12H2,1H3,(H,21,23).